The van der Waals surface area contributed by atoms with Crippen molar-refractivity contribution in [2.45, 2.75) is 124 Å². The molecule has 0 heterocycles. The van der Waals surface area contributed by atoms with Crippen LogP contribution in [0.1, 0.15) is 118 Å². The molecule has 0 aliphatic rings. The molecule has 25 heavy (non-hydrogen) atoms. The van der Waals surface area contributed by atoms with Gasteiger partial charge in [0.05, 0.1) is 0 Å². The average molecular weight is 353 g/mol. The summed E-state index contributed by atoms with van der Waals surface area (Å²) in [6.07, 6.45) is 19.4. The molecule has 2 nitrogen and oxygen atoms in total. The fourth-order valence-corrected chi connectivity index (χ4v) is 2.86. The second-order valence-electron chi connectivity index (χ2n) is 8.26. The Kier molecular flexibility index (Phi) is 15.0. The van der Waals surface area contributed by atoms with Crippen molar-refractivity contribution in [1.29, 1.82) is 0 Å². The number of unbranched alkanes of at least 4 members (excludes halogenated alkanes) is 8. The molecular formula is C23H44O2. The molecule has 0 fully saturated rings. The Bertz CT molecular complexity index is 344. The molecule has 0 aliphatic carbocycles. The van der Waals surface area contributed by atoms with E-state index >= 15 is 0 Å². The molecule has 1 atom stereocenters. The van der Waals surface area contributed by atoms with Crippen molar-refractivity contribution >= 4 is 5.97 Å². The van der Waals surface area contributed by atoms with E-state index in [0.29, 0.717) is 11.8 Å². The summed E-state index contributed by atoms with van der Waals surface area (Å²) in [5.41, 5.74) is 0.490. The third kappa shape index (κ3) is 16.4. The highest BCUT2D eigenvalue weighted by molar-refractivity contribution is 5.69. The summed E-state index contributed by atoms with van der Waals surface area (Å²) in [7, 11) is 0. The van der Waals surface area contributed by atoms with Crippen LogP contribution in [-0.4, -0.2) is 12.1 Å². The highest BCUT2D eigenvalue weighted by Gasteiger charge is 2.13. The fourth-order valence-electron chi connectivity index (χ4n) is 2.86. The van der Waals surface area contributed by atoms with E-state index in [-0.39, 0.29) is 12.1 Å². The van der Waals surface area contributed by atoms with Crippen molar-refractivity contribution in [3.63, 3.8) is 0 Å². The molecule has 0 spiro atoms. The minimum Gasteiger partial charge on any atom is -0.458 e. The smallest absolute Gasteiger partial charge is 0.306 e. The Morgan fingerprint density at radius 2 is 1.60 bits per heavy atom. The molecule has 0 radical (unpaired) electrons. The van der Waals surface area contributed by atoms with Crippen molar-refractivity contribution < 1.29 is 9.53 Å². The highest BCUT2D eigenvalue weighted by atomic mass is 16.5. The van der Waals surface area contributed by atoms with Crippen molar-refractivity contribution in [3.8, 4) is 0 Å². The Morgan fingerprint density at radius 3 is 2.28 bits per heavy atom. The van der Waals surface area contributed by atoms with E-state index in [2.05, 4.69) is 33.8 Å². The van der Waals surface area contributed by atoms with E-state index in [4.69, 9.17) is 4.74 Å². The highest BCUT2D eigenvalue weighted by Crippen LogP contribution is 2.27. The largest absolute Gasteiger partial charge is 0.458 e. The summed E-state index contributed by atoms with van der Waals surface area (Å²) in [5.74, 6) is -0.0461. The molecular weight excluding hydrogens is 308 g/mol. The number of allylic oxidation sites excluding steroid dienone is 1. The standard InChI is InChI=1S/C23H44O2/c1-6-8-9-10-12-15-18-21(3)25-22(24)19-16-13-11-14-17-20-23(4,5)7-2/h15,18,21H,6-14,16-17,19-20H2,1-5H3/b18-15-. The molecule has 148 valence electrons. The van der Waals surface area contributed by atoms with Crippen molar-refractivity contribution in [2.75, 3.05) is 0 Å². The van der Waals surface area contributed by atoms with Gasteiger partial charge in [0.2, 0.25) is 0 Å². The maximum atomic E-state index is 11.8. The molecule has 1 unspecified atom stereocenters. The Morgan fingerprint density at radius 1 is 0.960 bits per heavy atom. The van der Waals surface area contributed by atoms with Gasteiger partial charge in [-0.05, 0) is 44.1 Å². The first kappa shape index (κ1) is 24.2. The number of esters is 1. The first-order valence-corrected chi connectivity index (χ1v) is 10.8. The van der Waals surface area contributed by atoms with Gasteiger partial charge in [-0.15, -0.1) is 0 Å². The van der Waals surface area contributed by atoms with Crippen molar-refractivity contribution in [2.24, 2.45) is 5.41 Å². The van der Waals surface area contributed by atoms with E-state index in [9.17, 15) is 4.79 Å². The molecule has 0 rings (SSSR count). The summed E-state index contributed by atoms with van der Waals surface area (Å²) < 4.78 is 5.44. The summed E-state index contributed by atoms with van der Waals surface area (Å²) in [6.45, 7) is 11.2. The van der Waals surface area contributed by atoms with Crippen LogP contribution >= 0.6 is 0 Å². The van der Waals surface area contributed by atoms with E-state index in [0.717, 1.165) is 19.3 Å². The van der Waals surface area contributed by atoms with Gasteiger partial charge in [0.25, 0.3) is 0 Å². The number of hydrogen-bond acceptors (Lipinski definition) is 2. The molecule has 0 saturated heterocycles. The van der Waals surface area contributed by atoms with Crippen LogP contribution in [0.2, 0.25) is 0 Å². The van der Waals surface area contributed by atoms with Crippen molar-refractivity contribution in [1.82, 2.24) is 0 Å². The van der Waals surface area contributed by atoms with E-state index in [1.54, 1.807) is 0 Å². The SMILES string of the molecule is CCCCCC/C=C\C(C)OC(=O)CCCCCCCC(C)(C)CC. The summed E-state index contributed by atoms with van der Waals surface area (Å²) in [5, 5.41) is 0. The number of rotatable bonds is 16. The predicted octanol–water partition coefficient (Wildman–Crippen LogP) is 7.61. The number of hydrogen-bond donors (Lipinski definition) is 0. The maximum Gasteiger partial charge on any atom is 0.306 e. The molecule has 0 aromatic rings. The van der Waals surface area contributed by atoms with Crippen LogP contribution in [0.5, 0.6) is 0 Å². The van der Waals surface area contributed by atoms with Crippen LogP contribution in [0.3, 0.4) is 0 Å². The lowest BCUT2D eigenvalue weighted by molar-refractivity contribution is -0.146. The molecule has 0 aliphatic heterocycles. The van der Waals surface area contributed by atoms with E-state index < -0.39 is 0 Å². The van der Waals surface area contributed by atoms with Gasteiger partial charge in [0.1, 0.15) is 6.10 Å². The molecule has 0 aromatic carbocycles. The van der Waals surface area contributed by atoms with Gasteiger partial charge in [-0.25, -0.2) is 0 Å². The number of carbonyl (C=O) groups is 1. The van der Waals surface area contributed by atoms with Gasteiger partial charge < -0.3 is 4.74 Å². The Balaban J connectivity index is 3.55. The number of carbonyl (C=O) groups excluding carboxylic acids is 1. The lowest BCUT2D eigenvalue weighted by Gasteiger charge is -2.22. The molecule has 0 aromatic heterocycles. The topological polar surface area (TPSA) is 26.3 Å². The van der Waals surface area contributed by atoms with Gasteiger partial charge in [-0.2, -0.15) is 0 Å². The Hall–Kier alpha value is -0.790. The monoisotopic (exact) mass is 352 g/mol. The van der Waals surface area contributed by atoms with Crippen LogP contribution in [-0.2, 0) is 9.53 Å². The molecule has 2 heteroatoms. The normalized spacial score (nSPS) is 13.3. The molecule has 0 amide bonds. The first-order valence-electron chi connectivity index (χ1n) is 10.8. The molecule has 0 saturated carbocycles. The summed E-state index contributed by atoms with van der Waals surface area (Å²) in [6, 6.07) is 0. The summed E-state index contributed by atoms with van der Waals surface area (Å²) in [4.78, 5) is 11.8. The van der Waals surface area contributed by atoms with Crippen LogP contribution in [0, 0.1) is 5.41 Å². The van der Waals surface area contributed by atoms with Gasteiger partial charge in [0, 0.05) is 6.42 Å². The van der Waals surface area contributed by atoms with Gasteiger partial charge in [-0.3, -0.25) is 4.79 Å². The lowest BCUT2D eigenvalue weighted by Crippen LogP contribution is -2.12. The quantitative estimate of drug-likeness (QED) is 0.162. The predicted molar refractivity (Wildman–Crippen MR) is 110 cm³/mol. The molecule has 0 N–H and O–H groups in total. The minimum absolute atomic E-state index is 0.0461. The second-order valence-corrected chi connectivity index (χ2v) is 8.26. The van der Waals surface area contributed by atoms with Crippen LogP contribution < -0.4 is 0 Å². The third-order valence-corrected chi connectivity index (χ3v) is 5.14. The van der Waals surface area contributed by atoms with Crippen molar-refractivity contribution in [3.05, 3.63) is 12.2 Å². The van der Waals surface area contributed by atoms with Gasteiger partial charge in [-0.1, -0.05) is 85.1 Å². The average Bonchev–Trinajstić information content (AvgIpc) is 2.57. The lowest BCUT2D eigenvalue weighted by atomic mass is 9.84. The van der Waals surface area contributed by atoms with E-state index in [1.165, 1.54) is 57.8 Å². The van der Waals surface area contributed by atoms with Gasteiger partial charge >= 0.3 is 5.97 Å². The number of ether oxygens (including phenoxy) is 1. The fraction of sp³-hybridized carbons (Fsp3) is 0.870. The second kappa shape index (κ2) is 15.5. The zero-order valence-corrected chi connectivity index (χ0v) is 17.7. The van der Waals surface area contributed by atoms with Crippen LogP contribution in [0.4, 0.5) is 0 Å². The van der Waals surface area contributed by atoms with Crippen LogP contribution in [0.15, 0.2) is 12.2 Å². The maximum absolute atomic E-state index is 11.8. The zero-order valence-electron chi connectivity index (χ0n) is 17.7. The third-order valence-electron chi connectivity index (χ3n) is 5.14. The van der Waals surface area contributed by atoms with Crippen LogP contribution in [0.25, 0.3) is 0 Å². The minimum atomic E-state index is -0.0880. The summed E-state index contributed by atoms with van der Waals surface area (Å²) >= 11 is 0. The van der Waals surface area contributed by atoms with Gasteiger partial charge in [0.15, 0.2) is 0 Å². The zero-order chi connectivity index (χ0) is 19.0. The Labute approximate surface area is 157 Å². The molecule has 0 bridgehead atoms. The van der Waals surface area contributed by atoms with E-state index in [1.807, 2.05) is 13.0 Å². The first-order chi connectivity index (χ1) is 11.9.